The van der Waals surface area contributed by atoms with E-state index >= 15 is 0 Å². The second kappa shape index (κ2) is 7.22. The lowest BCUT2D eigenvalue weighted by Crippen LogP contribution is -2.44. The second-order valence-corrected chi connectivity index (χ2v) is 5.75. The highest BCUT2D eigenvalue weighted by Gasteiger charge is 2.28. The summed E-state index contributed by atoms with van der Waals surface area (Å²) in [5, 5.41) is 26.3. The van der Waals surface area contributed by atoms with Gasteiger partial charge < -0.3 is 15.7 Å². The zero-order chi connectivity index (χ0) is 16.0. The zero-order valence-corrected chi connectivity index (χ0v) is 12.4. The fourth-order valence-electron chi connectivity index (χ4n) is 2.68. The standard InChI is InChI=1S/C15H21N3O4/c19-14(16-11-15(20)8-3-1-2-4-9-15)17-12-6-5-7-13(10-12)18(21)22/h5-7,10,20H,1-4,8-9,11H2,(H2,16,17,19). The predicted molar refractivity (Wildman–Crippen MR) is 82.8 cm³/mol. The van der Waals surface area contributed by atoms with Crippen molar-refractivity contribution in [2.24, 2.45) is 0 Å². The smallest absolute Gasteiger partial charge is 0.319 e. The molecule has 22 heavy (non-hydrogen) atoms. The maximum absolute atomic E-state index is 11.9. The molecular weight excluding hydrogens is 286 g/mol. The molecule has 1 aromatic rings. The van der Waals surface area contributed by atoms with E-state index in [1.54, 1.807) is 6.07 Å². The first-order valence-electron chi connectivity index (χ1n) is 7.50. The Kier molecular flexibility index (Phi) is 5.32. The first-order chi connectivity index (χ1) is 10.5. The molecule has 2 rings (SSSR count). The third kappa shape index (κ3) is 4.70. The summed E-state index contributed by atoms with van der Waals surface area (Å²) in [5.41, 5.74) is -0.587. The number of hydrogen-bond acceptors (Lipinski definition) is 4. The van der Waals surface area contributed by atoms with E-state index in [1.807, 2.05) is 0 Å². The Balaban J connectivity index is 1.87. The number of nitrogens with one attached hydrogen (secondary N) is 2. The molecule has 0 unspecified atom stereocenters. The summed E-state index contributed by atoms with van der Waals surface area (Å²) in [4.78, 5) is 22.0. The van der Waals surface area contributed by atoms with E-state index in [0.717, 1.165) is 25.7 Å². The highest BCUT2D eigenvalue weighted by atomic mass is 16.6. The van der Waals surface area contributed by atoms with Gasteiger partial charge in [-0.25, -0.2) is 4.79 Å². The number of hydrogen-bond donors (Lipinski definition) is 3. The van der Waals surface area contributed by atoms with Crippen LogP contribution in [0.2, 0.25) is 0 Å². The van der Waals surface area contributed by atoms with Crippen LogP contribution in [0, 0.1) is 10.1 Å². The molecule has 0 heterocycles. The molecule has 1 aliphatic carbocycles. The third-order valence-electron chi connectivity index (χ3n) is 3.93. The first kappa shape index (κ1) is 16.2. The molecule has 0 aliphatic heterocycles. The average Bonchev–Trinajstić information content (AvgIpc) is 2.71. The lowest BCUT2D eigenvalue weighted by Gasteiger charge is -2.26. The van der Waals surface area contributed by atoms with Gasteiger partial charge in [0.2, 0.25) is 0 Å². The fraction of sp³-hybridized carbons (Fsp3) is 0.533. The van der Waals surface area contributed by atoms with Crippen molar-refractivity contribution in [3.05, 3.63) is 34.4 Å². The van der Waals surface area contributed by atoms with E-state index in [2.05, 4.69) is 10.6 Å². The fourth-order valence-corrected chi connectivity index (χ4v) is 2.68. The highest BCUT2D eigenvalue weighted by Crippen LogP contribution is 2.26. The molecule has 0 atom stereocenters. The number of nitro benzene ring substituents is 1. The Bertz CT molecular complexity index is 539. The number of aliphatic hydroxyl groups is 1. The second-order valence-electron chi connectivity index (χ2n) is 5.75. The Labute approximate surface area is 128 Å². The highest BCUT2D eigenvalue weighted by molar-refractivity contribution is 5.89. The van der Waals surface area contributed by atoms with Crippen LogP contribution in [0.4, 0.5) is 16.2 Å². The lowest BCUT2D eigenvalue weighted by atomic mass is 9.95. The van der Waals surface area contributed by atoms with Crippen molar-refractivity contribution in [2.75, 3.05) is 11.9 Å². The number of urea groups is 1. The minimum atomic E-state index is -0.851. The molecule has 3 N–H and O–H groups in total. The average molecular weight is 307 g/mol. The van der Waals surface area contributed by atoms with Gasteiger partial charge in [0.1, 0.15) is 0 Å². The van der Waals surface area contributed by atoms with Crippen molar-refractivity contribution in [1.82, 2.24) is 5.32 Å². The topological polar surface area (TPSA) is 104 Å². The molecule has 0 saturated heterocycles. The van der Waals surface area contributed by atoms with E-state index in [-0.39, 0.29) is 12.2 Å². The largest absolute Gasteiger partial charge is 0.388 e. The molecule has 0 spiro atoms. The van der Waals surface area contributed by atoms with Gasteiger partial charge in [0, 0.05) is 24.4 Å². The van der Waals surface area contributed by atoms with Crippen LogP contribution in [-0.4, -0.2) is 28.2 Å². The van der Waals surface area contributed by atoms with Crippen LogP contribution in [-0.2, 0) is 0 Å². The maximum Gasteiger partial charge on any atom is 0.319 e. The van der Waals surface area contributed by atoms with Crippen LogP contribution in [0.3, 0.4) is 0 Å². The number of carbonyl (C=O) groups is 1. The number of rotatable bonds is 4. The van der Waals surface area contributed by atoms with Crippen LogP contribution in [0.15, 0.2) is 24.3 Å². The Hall–Kier alpha value is -2.15. The van der Waals surface area contributed by atoms with Crippen molar-refractivity contribution in [2.45, 2.75) is 44.1 Å². The molecule has 1 fully saturated rings. The van der Waals surface area contributed by atoms with Gasteiger partial charge in [-0.2, -0.15) is 0 Å². The van der Waals surface area contributed by atoms with Crippen LogP contribution in [0.25, 0.3) is 0 Å². The quantitative estimate of drug-likeness (QED) is 0.452. The molecule has 1 aliphatic rings. The Morgan fingerprint density at radius 3 is 2.59 bits per heavy atom. The van der Waals surface area contributed by atoms with E-state index in [1.165, 1.54) is 18.2 Å². The third-order valence-corrected chi connectivity index (χ3v) is 3.93. The van der Waals surface area contributed by atoms with Gasteiger partial charge in [0.05, 0.1) is 10.5 Å². The van der Waals surface area contributed by atoms with Crippen molar-refractivity contribution in [3.8, 4) is 0 Å². The number of anilines is 1. The molecule has 1 saturated carbocycles. The van der Waals surface area contributed by atoms with Gasteiger partial charge in [0.15, 0.2) is 0 Å². The number of carbonyl (C=O) groups excluding carboxylic acids is 1. The van der Waals surface area contributed by atoms with Gasteiger partial charge in [-0.1, -0.05) is 31.7 Å². The van der Waals surface area contributed by atoms with Gasteiger partial charge in [-0.3, -0.25) is 10.1 Å². The monoisotopic (exact) mass is 307 g/mol. The molecule has 7 nitrogen and oxygen atoms in total. The molecule has 1 aromatic carbocycles. The summed E-state index contributed by atoms with van der Waals surface area (Å²) >= 11 is 0. The van der Waals surface area contributed by atoms with Crippen molar-refractivity contribution < 1.29 is 14.8 Å². The van der Waals surface area contributed by atoms with E-state index in [9.17, 15) is 20.0 Å². The number of nitrogens with zero attached hydrogens (tertiary/aromatic N) is 1. The SMILES string of the molecule is O=C(NCC1(O)CCCCCC1)Nc1cccc([N+](=O)[O-])c1. The number of benzene rings is 1. The summed E-state index contributed by atoms with van der Waals surface area (Å²) in [6, 6.07) is 5.26. The summed E-state index contributed by atoms with van der Waals surface area (Å²) in [6.07, 6.45) is 5.52. The molecule has 0 aromatic heterocycles. The van der Waals surface area contributed by atoms with E-state index in [4.69, 9.17) is 0 Å². The minimum Gasteiger partial charge on any atom is -0.388 e. The van der Waals surface area contributed by atoms with E-state index in [0.29, 0.717) is 18.5 Å². The van der Waals surface area contributed by atoms with Crippen LogP contribution < -0.4 is 10.6 Å². The first-order valence-corrected chi connectivity index (χ1v) is 7.50. The maximum atomic E-state index is 11.9. The van der Waals surface area contributed by atoms with Gasteiger partial charge in [-0.15, -0.1) is 0 Å². The molecule has 0 bridgehead atoms. The van der Waals surface area contributed by atoms with E-state index < -0.39 is 16.6 Å². The Morgan fingerprint density at radius 2 is 1.95 bits per heavy atom. The summed E-state index contributed by atoms with van der Waals surface area (Å²) in [6.45, 7) is 0.188. The van der Waals surface area contributed by atoms with Gasteiger partial charge >= 0.3 is 6.03 Å². The predicted octanol–water partition coefficient (Wildman–Crippen LogP) is 2.80. The summed E-state index contributed by atoms with van der Waals surface area (Å²) in [7, 11) is 0. The molecule has 0 radical (unpaired) electrons. The summed E-state index contributed by atoms with van der Waals surface area (Å²) in [5.74, 6) is 0. The number of nitro groups is 1. The van der Waals surface area contributed by atoms with Crippen molar-refractivity contribution >= 4 is 17.4 Å². The van der Waals surface area contributed by atoms with Crippen LogP contribution >= 0.6 is 0 Å². The van der Waals surface area contributed by atoms with Crippen LogP contribution in [0.1, 0.15) is 38.5 Å². The Morgan fingerprint density at radius 1 is 1.27 bits per heavy atom. The van der Waals surface area contributed by atoms with Crippen molar-refractivity contribution in [1.29, 1.82) is 0 Å². The lowest BCUT2D eigenvalue weighted by molar-refractivity contribution is -0.384. The molecule has 7 heteroatoms. The summed E-state index contributed by atoms with van der Waals surface area (Å²) < 4.78 is 0. The van der Waals surface area contributed by atoms with Crippen LogP contribution in [0.5, 0.6) is 0 Å². The number of non-ortho nitro benzene ring substituents is 1. The number of amides is 2. The normalized spacial score (nSPS) is 17.3. The molecule has 2 amide bonds. The zero-order valence-electron chi connectivity index (χ0n) is 12.4. The minimum absolute atomic E-state index is 0.0832. The van der Waals surface area contributed by atoms with Gasteiger partial charge in [-0.05, 0) is 18.9 Å². The molecule has 120 valence electrons. The van der Waals surface area contributed by atoms with Gasteiger partial charge in [0.25, 0.3) is 5.69 Å². The van der Waals surface area contributed by atoms with Crippen molar-refractivity contribution in [3.63, 3.8) is 0 Å². The molecular formula is C15H21N3O4.